The molecule has 0 aliphatic rings. The molecule has 1 aromatic rings. The van der Waals surface area contributed by atoms with Crippen LogP contribution < -0.4 is 10.2 Å². The van der Waals surface area contributed by atoms with E-state index in [1.54, 1.807) is 0 Å². The Labute approximate surface area is 97.3 Å². The third-order valence-electron chi connectivity index (χ3n) is 2.31. The second-order valence-corrected chi connectivity index (χ2v) is 3.96. The molecule has 0 radical (unpaired) electrons. The summed E-state index contributed by atoms with van der Waals surface area (Å²) >= 11 is 5.30. The van der Waals surface area contributed by atoms with Crippen molar-refractivity contribution in [1.29, 1.82) is 0 Å². The SMILES string of the molecule is CCCNC(=S)N(C)c1ccccc1C. The Morgan fingerprint density at radius 1 is 1.40 bits per heavy atom. The van der Waals surface area contributed by atoms with Crippen molar-refractivity contribution < 1.29 is 0 Å². The van der Waals surface area contributed by atoms with Crippen LogP contribution >= 0.6 is 12.2 Å². The van der Waals surface area contributed by atoms with Gasteiger partial charge in [-0.05, 0) is 37.2 Å². The van der Waals surface area contributed by atoms with Crippen LogP contribution in [0.3, 0.4) is 0 Å². The van der Waals surface area contributed by atoms with Gasteiger partial charge < -0.3 is 10.2 Å². The Bertz CT molecular complexity index is 336. The van der Waals surface area contributed by atoms with Gasteiger partial charge in [0.25, 0.3) is 0 Å². The Kier molecular flexibility index (Phi) is 4.56. The van der Waals surface area contributed by atoms with Crippen LogP contribution in [-0.4, -0.2) is 18.7 Å². The average Bonchev–Trinajstić information content (AvgIpc) is 2.25. The van der Waals surface area contributed by atoms with E-state index in [0.29, 0.717) is 0 Å². The number of nitrogens with one attached hydrogen (secondary N) is 1. The van der Waals surface area contributed by atoms with Gasteiger partial charge in [-0.2, -0.15) is 0 Å². The first kappa shape index (κ1) is 12.0. The molecular formula is C12H18N2S. The highest BCUT2D eigenvalue weighted by Gasteiger charge is 2.07. The van der Waals surface area contributed by atoms with Crippen LogP contribution in [0.1, 0.15) is 18.9 Å². The fraction of sp³-hybridized carbons (Fsp3) is 0.417. The van der Waals surface area contributed by atoms with E-state index in [-0.39, 0.29) is 0 Å². The molecule has 0 spiro atoms. The molecule has 1 rings (SSSR count). The first-order valence-corrected chi connectivity index (χ1v) is 5.64. The van der Waals surface area contributed by atoms with Crippen LogP contribution in [0.15, 0.2) is 24.3 Å². The van der Waals surface area contributed by atoms with Gasteiger partial charge in [0.1, 0.15) is 0 Å². The normalized spacial score (nSPS) is 9.80. The highest BCUT2D eigenvalue weighted by atomic mass is 32.1. The summed E-state index contributed by atoms with van der Waals surface area (Å²) in [7, 11) is 1.99. The Balaban J connectivity index is 2.72. The van der Waals surface area contributed by atoms with Gasteiger partial charge in [0.15, 0.2) is 5.11 Å². The van der Waals surface area contributed by atoms with Gasteiger partial charge in [-0.15, -0.1) is 0 Å². The average molecular weight is 222 g/mol. The molecule has 0 heterocycles. The maximum Gasteiger partial charge on any atom is 0.173 e. The predicted molar refractivity (Wildman–Crippen MR) is 70.5 cm³/mol. The number of benzene rings is 1. The van der Waals surface area contributed by atoms with Gasteiger partial charge in [0, 0.05) is 19.3 Å². The van der Waals surface area contributed by atoms with Crippen LogP contribution in [-0.2, 0) is 0 Å². The third-order valence-corrected chi connectivity index (χ3v) is 2.73. The van der Waals surface area contributed by atoms with E-state index < -0.39 is 0 Å². The summed E-state index contributed by atoms with van der Waals surface area (Å²) in [4.78, 5) is 2.01. The van der Waals surface area contributed by atoms with Gasteiger partial charge in [-0.3, -0.25) is 0 Å². The van der Waals surface area contributed by atoms with Crippen LogP contribution in [0, 0.1) is 6.92 Å². The molecule has 0 saturated carbocycles. The number of nitrogens with zero attached hydrogens (tertiary/aromatic N) is 1. The number of thiocarbonyl (C=S) groups is 1. The summed E-state index contributed by atoms with van der Waals surface area (Å²) in [5, 5.41) is 4.00. The number of para-hydroxylation sites is 1. The van der Waals surface area contributed by atoms with Crippen molar-refractivity contribution >= 4 is 23.0 Å². The molecule has 0 unspecified atom stereocenters. The molecule has 0 bridgehead atoms. The van der Waals surface area contributed by atoms with Crippen LogP contribution in [0.5, 0.6) is 0 Å². The summed E-state index contributed by atoms with van der Waals surface area (Å²) in [6.45, 7) is 5.15. The number of anilines is 1. The molecule has 3 heteroatoms. The van der Waals surface area contributed by atoms with Gasteiger partial charge in [0.2, 0.25) is 0 Å². The van der Waals surface area contributed by atoms with Crippen molar-refractivity contribution in [3.05, 3.63) is 29.8 Å². The zero-order chi connectivity index (χ0) is 11.3. The molecule has 1 N–H and O–H groups in total. The fourth-order valence-corrected chi connectivity index (χ4v) is 1.60. The molecule has 0 saturated heterocycles. The highest BCUT2D eigenvalue weighted by molar-refractivity contribution is 7.80. The Morgan fingerprint density at radius 2 is 2.07 bits per heavy atom. The first-order valence-electron chi connectivity index (χ1n) is 5.24. The van der Waals surface area contributed by atoms with Crippen molar-refractivity contribution in [2.45, 2.75) is 20.3 Å². The third kappa shape index (κ3) is 3.20. The monoisotopic (exact) mass is 222 g/mol. The topological polar surface area (TPSA) is 15.3 Å². The largest absolute Gasteiger partial charge is 0.362 e. The molecule has 0 aliphatic heterocycles. The summed E-state index contributed by atoms with van der Waals surface area (Å²) in [5.41, 5.74) is 2.40. The highest BCUT2D eigenvalue weighted by Crippen LogP contribution is 2.17. The van der Waals surface area contributed by atoms with Crippen LogP contribution in [0.2, 0.25) is 0 Å². The van der Waals surface area contributed by atoms with Crippen molar-refractivity contribution in [3.63, 3.8) is 0 Å². The number of rotatable bonds is 3. The molecule has 2 nitrogen and oxygen atoms in total. The van der Waals surface area contributed by atoms with E-state index in [1.165, 1.54) is 5.56 Å². The van der Waals surface area contributed by atoms with E-state index in [4.69, 9.17) is 12.2 Å². The standard InChI is InChI=1S/C12H18N2S/c1-4-9-13-12(15)14(3)11-8-6-5-7-10(11)2/h5-8H,4,9H2,1-3H3,(H,13,15). The summed E-state index contributed by atoms with van der Waals surface area (Å²) in [6, 6.07) is 8.24. The zero-order valence-electron chi connectivity index (χ0n) is 9.58. The minimum atomic E-state index is 0.783. The number of hydrogen-bond donors (Lipinski definition) is 1. The lowest BCUT2D eigenvalue weighted by Gasteiger charge is -2.22. The maximum atomic E-state index is 5.30. The van der Waals surface area contributed by atoms with Crippen molar-refractivity contribution in [1.82, 2.24) is 5.32 Å². The first-order chi connectivity index (χ1) is 7.16. The van der Waals surface area contributed by atoms with E-state index in [0.717, 1.165) is 23.8 Å². The smallest absolute Gasteiger partial charge is 0.173 e. The predicted octanol–water partition coefficient (Wildman–Crippen LogP) is 2.72. The van der Waals surface area contributed by atoms with Crippen LogP contribution in [0.25, 0.3) is 0 Å². The van der Waals surface area contributed by atoms with Gasteiger partial charge in [-0.25, -0.2) is 0 Å². The summed E-state index contributed by atoms with van der Waals surface area (Å²) < 4.78 is 0. The minimum absolute atomic E-state index is 0.783. The zero-order valence-corrected chi connectivity index (χ0v) is 10.4. The second kappa shape index (κ2) is 5.71. The van der Waals surface area contributed by atoms with Gasteiger partial charge >= 0.3 is 0 Å². The second-order valence-electron chi connectivity index (χ2n) is 3.58. The van der Waals surface area contributed by atoms with Crippen LogP contribution in [0.4, 0.5) is 5.69 Å². The van der Waals surface area contributed by atoms with Crippen molar-refractivity contribution in [3.8, 4) is 0 Å². The van der Waals surface area contributed by atoms with E-state index in [1.807, 2.05) is 24.1 Å². The molecule has 0 fully saturated rings. The fourth-order valence-electron chi connectivity index (χ4n) is 1.40. The van der Waals surface area contributed by atoms with Crippen molar-refractivity contribution in [2.75, 3.05) is 18.5 Å². The van der Waals surface area contributed by atoms with Crippen molar-refractivity contribution in [2.24, 2.45) is 0 Å². The lowest BCUT2D eigenvalue weighted by atomic mass is 10.2. The number of aryl methyl sites for hydroxylation is 1. The molecule has 0 atom stereocenters. The Hall–Kier alpha value is -1.09. The Morgan fingerprint density at radius 3 is 2.67 bits per heavy atom. The number of hydrogen-bond acceptors (Lipinski definition) is 1. The van der Waals surface area contributed by atoms with Gasteiger partial charge in [-0.1, -0.05) is 25.1 Å². The minimum Gasteiger partial charge on any atom is -0.362 e. The molecule has 0 aromatic heterocycles. The maximum absolute atomic E-state index is 5.30. The van der Waals surface area contributed by atoms with E-state index in [2.05, 4.69) is 31.3 Å². The quantitative estimate of drug-likeness (QED) is 0.792. The molecule has 0 amide bonds. The molecular weight excluding hydrogens is 204 g/mol. The van der Waals surface area contributed by atoms with E-state index in [9.17, 15) is 0 Å². The lowest BCUT2D eigenvalue weighted by Crippen LogP contribution is -2.37. The summed E-state index contributed by atoms with van der Waals surface area (Å²) in [6.07, 6.45) is 1.09. The van der Waals surface area contributed by atoms with E-state index >= 15 is 0 Å². The summed E-state index contributed by atoms with van der Waals surface area (Å²) in [5.74, 6) is 0. The van der Waals surface area contributed by atoms with Gasteiger partial charge in [0.05, 0.1) is 0 Å². The molecule has 82 valence electrons. The molecule has 1 aromatic carbocycles. The lowest BCUT2D eigenvalue weighted by molar-refractivity contribution is 0.837. The molecule has 0 aliphatic carbocycles. The molecule has 15 heavy (non-hydrogen) atoms.